The smallest absolute Gasteiger partial charge is 0.335 e. The van der Waals surface area contributed by atoms with Gasteiger partial charge in [0.1, 0.15) is 0 Å². The number of carbonyl (C=O) groups excluding carboxylic acids is 1. The lowest BCUT2D eigenvalue weighted by Gasteiger charge is -2.30. The minimum absolute atomic E-state index is 0.317. The molecular weight excluding hydrogens is 556 g/mol. The van der Waals surface area contributed by atoms with E-state index in [1.165, 1.54) is 116 Å². The molecule has 45 heavy (non-hydrogen) atoms. The summed E-state index contributed by atoms with van der Waals surface area (Å²) < 4.78 is 11.1. The molecule has 1 aliphatic rings. The molecular formula is C41H72O4. The van der Waals surface area contributed by atoms with E-state index in [2.05, 4.69) is 62.5 Å². The minimum Gasteiger partial charge on any atom is -0.464 e. The third-order valence-corrected chi connectivity index (χ3v) is 8.78. The van der Waals surface area contributed by atoms with Gasteiger partial charge in [0.15, 0.2) is 11.9 Å². The molecule has 1 atom stereocenters. The molecule has 0 aromatic carbocycles. The van der Waals surface area contributed by atoms with Gasteiger partial charge in [-0.25, -0.2) is 4.79 Å². The molecule has 0 amide bonds. The third-order valence-electron chi connectivity index (χ3n) is 8.78. The van der Waals surface area contributed by atoms with Crippen LogP contribution in [0.25, 0.3) is 0 Å². The maximum Gasteiger partial charge on any atom is 0.335 e. The van der Waals surface area contributed by atoms with E-state index in [1.807, 2.05) is 0 Å². The van der Waals surface area contributed by atoms with E-state index in [0.29, 0.717) is 25.9 Å². The van der Waals surface area contributed by atoms with Crippen molar-refractivity contribution in [2.24, 2.45) is 0 Å². The highest BCUT2D eigenvalue weighted by Gasteiger charge is 2.37. The molecule has 0 bridgehead atoms. The Kier molecular flexibility index (Phi) is 28.5. The first kappa shape index (κ1) is 41.4. The Hall–Kier alpha value is -1.65. The summed E-state index contributed by atoms with van der Waals surface area (Å²) in [5.74, 6) is -1.53. The second-order valence-electron chi connectivity index (χ2n) is 13.2. The van der Waals surface area contributed by atoms with Crippen molar-refractivity contribution in [2.75, 3.05) is 6.61 Å². The zero-order valence-corrected chi connectivity index (χ0v) is 29.7. The Labute approximate surface area is 279 Å². The van der Waals surface area contributed by atoms with Gasteiger partial charge < -0.3 is 14.6 Å². The zero-order valence-electron chi connectivity index (χ0n) is 29.7. The summed E-state index contributed by atoms with van der Waals surface area (Å²) in [6.07, 6.45) is 48.4. The Balaban J connectivity index is 2.13. The van der Waals surface area contributed by atoms with Crippen LogP contribution in [0, 0.1) is 0 Å². The average Bonchev–Trinajstić information content (AvgIpc) is 3.43. The molecule has 1 heterocycles. The van der Waals surface area contributed by atoms with Gasteiger partial charge in [0, 0.05) is 19.3 Å². The largest absolute Gasteiger partial charge is 0.464 e. The number of allylic oxidation sites excluding steroid dienone is 8. The predicted molar refractivity (Wildman–Crippen MR) is 193 cm³/mol. The summed E-state index contributed by atoms with van der Waals surface area (Å²) in [6, 6.07) is 0. The molecule has 260 valence electrons. The van der Waals surface area contributed by atoms with Gasteiger partial charge in [-0.1, -0.05) is 140 Å². The highest BCUT2D eigenvalue weighted by Crippen LogP contribution is 2.29. The van der Waals surface area contributed by atoms with Gasteiger partial charge in [0.05, 0.1) is 6.61 Å². The van der Waals surface area contributed by atoms with Crippen molar-refractivity contribution in [2.45, 2.75) is 199 Å². The van der Waals surface area contributed by atoms with Crippen LogP contribution < -0.4 is 0 Å². The summed E-state index contributed by atoms with van der Waals surface area (Å²) in [5.41, 5.74) is 0. The molecule has 4 heteroatoms. The number of cyclic esters (lactones) is 1. The number of esters is 1. The lowest BCUT2D eigenvalue weighted by molar-refractivity contribution is -0.236. The number of unbranched alkanes of at least 4 members (excludes halogenated alkanes) is 18. The normalized spacial score (nSPS) is 16.0. The van der Waals surface area contributed by atoms with Crippen LogP contribution in [0.5, 0.6) is 0 Å². The Bertz CT molecular complexity index is 732. The van der Waals surface area contributed by atoms with Crippen LogP contribution in [-0.4, -0.2) is 29.6 Å². The van der Waals surface area contributed by atoms with Crippen molar-refractivity contribution < 1.29 is 19.4 Å². The molecule has 0 aromatic heterocycles. The van der Waals surface area contributed by atoms with Crippen LogP contribution >= 0.6 is 0 Å². The van der Waals surface area contributed by atoms with E-state index in [-0.39, 0.29) is 5.97 Å². The molecule has 0 spiro atoms. The van der Waals surface area contributed by atoms with Crippen molar-refractivity contribution in [3.8, 4) is 0 Å². The molecule has 0 aliphatic carbocycles. The summed E-state index contributed by atoms with van der Waals surface area (Å²) >= 11 is 0. The molecule has 1 fully saturated rings. The molecule has 0 radical (unpaired) electrons. The van der Waals surface area contributed by atoms with Gasteiger partial charge in [0.2, 0.25) is 0 Å². The van der Waals surface area contributed by atoms with Crippen molar-refractivity contribution in [1.29, 1.82) is 0 Å². The van der Waals surface area contributed by atoms with Crippen LogP contribution in [0.1, 0.15) is 187 Å². The molecule has 1 saturated heterocycles. The number of rotatable bonds is 32. The SMILES string of the molecule is CCCCC/C=C\C/C=C\CCCCCCCCC(O)(CCCCCCCC/C=C\C/C=C\CCCCC)OC1CCOC1=O. The highest BCUT2D eigenvalue weighted by atomic mass is 16.7. The maximum absolute atomic E-state index is 12.0. The van der Waals surface area contributed by atoms with E-state index in [1.54, 1.807) is 0 Å². The van der Waals surface area contributed by atoms with Crippen LogP contribution in [0.4, 0.5) is 0 Å². The molecule has 1 N–H and O–H groups in total. The lowest BCUT2D eigenvalue weighted by atomic mass is 9.98. The van der Waals surface area contributed by atoms with Crippen molar-refractivity contribution >= 4 is 5.97 Å². The monoisotopic (exact) mass is 629 g/mol. The average molecular weight is 629 g/mol. The Morgan fingerprint density at radius 1 is 0.600 bits per heavy atom. The zero-order chi connectivity index (χ0) is 32.5. The van der Waals surface area contributed by atoms with Crippen molar-refractivity contribution in [3.05, 3.63) is 48.6 Å². The van der Waals surface area contributed by atoms with E-state index < -0.39 is 11.9 Å². The van der Waals surface area contributed by atoms with Gasteiger partial charge in [-0.3, -0.25) is 0 Å². The van der Waals surface area contributed by atoms with Crippen LogP contribution in [0.15, 0.2) is 48.6 Å². The molecule has 0 saturated carbocycles. The first-order valence-electron chi connectivity index (χ1n) is 19.3. The van der Waals surface area contributed by atoms with Gasteiger partial charge >= 0.3 is 5.97 Å². The maximum atomic E-state index is 12.0. The highest BCUT2D eigenvalue weighted by molar-refractivity contribution is 5.76. The first-order valence-corrected chi connectivity index (χ1v) is 19.3. The number of hydrogen-bond donors (Lipinski definition) is 1. The summed E-state index contributed by atoms with van der Waals surface area (Å²) in [6.45, 7) is 4.90. The third kappa shape index (κ3) is 26.1. The van der Waals surface area contributed by atoms with Crippen LogP contribution in [-0.2, 0) is 14.3 Å². The fraction of sp³-hybridized carbons (Fsp3) is 0.780. The quantitative estimate of drug-likeness (QED) is 0.0348. The topological polar surface area (TPSA) is 55.8 Å². The van der Waals surface area contributed by atoms with E-state index in [9.17, 15) is 9.90 Å². The van der Waals surface area contributed by atoms with Crippen molar-refractivity contribution in [1.82, 2.24) is 0 Å². The van der Waals surface area contributed by atoms with E-state index in [4.69, 9.17) is 9.47 Å². The van der Waals surface area contributed by atoms with E-state index >= 15 is 0 Å². The summed E-state index contributed by atoms with van der Waals surface area (Å²) in [5, 5.41) is 11.4. The lowest BCUT2D eigenvalue weighted by Crippen LogP contribution is -2.38. The van der Waals surface area contributed by atoms with Gasteiger partial charge in [-0.05, 0) is 77.0 Å². The van der Waals surface area contributed by atoms with Gasteiger partial charge in [-0.2, -0.15) is 0 Å². The minimum atomic E-state index is -1.21. The van der Waals surface area contributed by atoms with Gasteiger partial charge in [-0.15, -0.1) is 0 Å². The first-order chi connectivity index (χ1) is 22.1. The Morgan fingerprint density at radius 3 is 1.36 bits per heavy atom. The fourth-order valence-corrected chi connectivity index (χ4v) is 5.87. The van der Waals surface area contributed by atoms with Gasteiger partial charge in [0.25, 0.3) is 0 Å². The number of ether oxygens (including phenoxy) is 2. The summed E-state index contributed by atoms with van der Waals surface area (Å²) in [7, 11) is 0. The number of aliphatic hydroxyl groups is 1. The molecule has 4 nitrogen and oxygen atoms in total. The van der Waals surface area contributed by atoms with Crippen molar-refractivity contribution in [3.63, 3.8) is 0 Å². The molecule has 1 unspecified atom stereocenters. The molecule has 0 aromatic rings. The second-order valence-corrected chi connectivity index (χ2v) is 13.2. The fourth-order valence-electron chi connectivity index (χ4n) is 5.87. The van der Waals surface area contributed by atoms with Crippen LogP contribution in [0.2, 0.25) is 0 Å². The number of carbonyl (C=O) groups is 1. The number of hydrogen-bond acceptors (Lipinski definition) is 4. The van der Waals surface area contributed by atoms with Crippen LogP contribution in [0.3, 0.4) is 0 Å². The molecule has 1 aliphatic heterocycles. The summed E-state index contributed by atoms with van der Waals surface area (Å²) in [4.78, 5) is 12.0. The Morgan fingerprint density at radius 2 is 0.978 bits per heavy atom. The van der Waals surface area contributed by atoms with E-state index in [0.717, 1.165) is 38.5 Å². The predicted octanol–water partition coefficient (Wildman–Crippen LogP) is 12.4. The molecule has 1 rings (SSSR count). The second kappa shape index (κ2) is 31.0. The standard InChI is InChI=1S/C41H72O4/c1-3-5-7-9-11-13-15-17-19-21-23-25-27-29-31-33-36-41(43,45-39-35-38-44-40(39)42)37-34-32-30-28-26-24-22-20-18-16-14-12-10-8-6-4-2/h11-14,17-20,39,43H,3-10,15-16,21-38H2,1-2H3/b13-11-,14-12-,19-17-,20-18-.